The monoisotopic (exact) mass is 172 g/mol. The highest BCUT2D eigenvalue weighted by Gasteiger charge is 2.08. The highest BCUT2D eigenvalue weighted by atomic mass is 15.2. The van der Waals surface area contributed by atoms with E-state index in [-0.39, 0.29) is 0 Å². The third-order valence-corrected chi connectivity index (χ3v) is 2.13. The molecule has 0 aliphatic carbocycles. The molecule has 0 radical (unpaired) electrons. The average molecular weight is 172 g/mol. The zero-order chi connectivity index (χ0) is 9.72. The Morgan fingerprint density at radius 3 is 1.75 bits per heavy atom. The Hall–Kier alpha value is -0.0800. The summed E-state index contributed by atoms with van der Waals surface area (Å²) in [6.45, 7) is 9.13. The zero-order valence-electron chi connectivity index (χ0n) is 9.46. The molecule has 0 unspecified atom stereocenters. The standard InChI is InChI=1S/C10H24N2/c1-9(2)7-12(6)8-10(3)11(4)5/h9-10H,7-8H2,1-6H3/t10-/m0/s1. The summed E-state index contributed by atoms with van der Waals surface area (Å²) in [6, 6.07) is 0.647. The van der Waals surface area contributed by atoms with Crippen LogP contribution in [0.4, 0.5) is 0 Å². The van der Waals surface area contributed by atoms with Crippen LogP contribution in [0.3, 0.4) is 0 Å². The van der Waals surface area contributed by atoms with Crippen molar-refractivity contribution in [3.05, 3.63) is 0 Å². The first-order valence-electron chi connectivity index (χ1n) is 4.78. The van der Waals surface area contributed by atoms with Crippen molar-refractivity contribution in [3.63, 3.8) is 0 Å². The second-order valence-corrected chi connectivity index (χ2v) is 4.43. The summed E-state index contributed by atoms with van der Waals surface area (Å²) in [4.78, 5) is 4.66. The van der Waals surface area contributed by atoms with Crippen molar-refractivity contribution in [2.45, 2.75) is 26.8 Å². The van der Waals surface area contributed by atoms with Gasteiger partial charge in [0.15, 0.2) is 0 Å². The van der Waals surface area contributed by atoms with Crippen LogP contribution in [0, 0.1) is 5.92 Å². The van der Waals surface area contributed by atoms with Crippen molar-refractivity contribution in [2.75, 3.05) is 34.2 Å². The molecule has 0 spiro atoms. The number of likely N-dealkylation sites (N-methyl/N-ethyl adjacent to an activating group) is 2. The van der Waals surface area contributed by atoms with E-state index in [0.717, 1.165) is 12.5 Å². The molecule has 2 heteroatoms. The highest BCUT2D eigenvalue weighted by molar-refractivity contribution is 4.65. The van der Waals surface area contributed by atoms with Crippen LogP contribution in [-0.4, -0.2) is 50.1 Å². The van der Waals surface area contributed by atoms with E-state index in [1.54, 1.807) is 0 Å². The molecule has 0 N–H and O–H groups in total. The lowest BCUT2D eigenvalue weighted by Crippen LogP contribution is -2.37. The summed E-state index contributed by atoms with van der Waals surface area (Å²) >= 11 is 0. The quantitative estimate of drug-likeness (QED) is 0.620. The lowest BCUT2D eigenvalue weighted by atomic mass is 10.2. The van der Waals surface area contributed by atoms with Crippen molar-refractivity contribution in [3.8, 4) is 0 Å². The zero-order valence-corrected chi connectivity index (χ0v) is 9.46. The smallest absolute Gasteiger partial charge is 0.0188 e. The molecule has 0 aromatic carbocycles. The summed E-state index contributed by atoms with van der Waals surface area (Å²) in [5, 5.41) is 0. The van der Waals surface area contributed by atoms with Crippen molar-refractivity contribution >= 4 is 0 Å². The maximum Gasteiger partial charge on any atom is 0.0188 e. The Morgan fingerprint density at radius 1 is 0.917 bits per heavy atom. The topological polar surface area (TPSA) is 6.48 Å². The lowest BCUT2D eigenvalue weighted by Gasteiger charge is -2.26. The molecule has 0 aromatic rings. The predicted octanol–water partition coefficient (Wildman–Crippen LogP) is 1.52. The molecule has 0 aliphatic heterocycles. The first-order valence-corrected chi connectivity index (χ1v) is 4.78. The van der Waals surface area contributed by atoms with Gasteiger partial charge in [0, 0.05) is 19.1 Å². The molecule has 0 aromatic heterocycles. The van der Waals surface area contributed by atoms with Crippen LogP contribution in [-0.2, 0) is 0 Å². The maximum atomic E-state index is 2.40. The molecule has 2 nitrogen and oxygen atoms in total. The van der Waals surface area contributed by atoms with E-state index in [1.165, 1.54) is 6.54 Å². The van der Waals surface area contributed by atoms with E-state index >= 15 is 0 Å². The summed E-state index contributed by atoms with van der Waals surface area (Å²) in [5.41, 5.74) is 0. The van der Waals surface area contributed by atoms with Gasteiger partial charge in [0.05, 0.1) is 0 Å². The maximum absolute atomic E-state index is 2.40. The molecule has 0 saturated carbocycles. The molecule has 0 aliphatic rings. The molecular weight excluding hydrogens is 148 g/mol. The van der Waals surface area contributed by atoms with E-state index in [9.17, 15) is 0 Å². The minimum atomic E-state index is 0.647. The number of rotatable bonds is 5. The normalized spacial score (nSPS) is 14.8. The van der Waals surface area contributed by atoms with Crippen LogP contribution in [0.15, 0.2) is 0 Å². The van der Waals surface area contributed by atoms with Crippen LogP contribution in [0.25, 0.3) is 0 Å². The molecular formula is C10H24N2. The summed E-state index contributed by atoms with van der Waals surface area (Å²) in [6.07, 6.45) is 0. The van der Waals surface area contributed by atoms with E-state index in [0.29, 0.717) is 6.04 Å². The fourth-order valence-electron chi connectivity index (χ4n) is 1.31. The van der Waals surface area contributed by atoms with E-state index in [4.69, 9.17) is 0 Å². The first kappa shape index (κ1) is 11.9. The molecule has 12 heavy (non-hydrogen) atoms. The summed E-state index contributed by atoms with van der Waals surface area (Å²) < 4.78 is 0. The predicted molar refractivity (Wildman–Crippen MR) is 55.5 cm³/mol. The fourth-order valence-corrected chi connectivity index (χ4v) is 1.31. The molecule has 0 amide bonds. The molecule has 0 bridgehead atoms. The van der Waals surface area contributed by atoms with Crippen LogP contribution in [0.5, 0.6) is 0 Å². The van der Waals surface area contributed by atoms with E-state index < -0.39 is 0 Å². The third-order valence-electron chi connectivity index (χ3n) is 2.13. The Labute approximate surface area is 77.5 Å². The second-order valence-electron chi connectivity index (χ2n) is 4.43. The molecule has 1 atom stereocenters. The van der Waals surface area contributed by atoms with E-state index in [1.807, 2.05) is 0 Å². The van der Waals surface area contributed by atoms with E-state index in [2.05, 4.69) is 51.7 Å². The van der Waals surface area contributed by atoms with Gasteiger partial charge in [0.1, 0.15) is 0 Å². The number of nitrogens with zero attached hydrogens (tertiary/aromatic N) is 2. The van der Waals surface area contributed by atoms with Gasteiger partial charge in [-0.3, -0.25) is 0 Å². The molecule has 0 fully saturated rings. The fraction of sp³-hybridized carbons (Fsp3) is 1.00. The van der Waals surface area contributed by atoms with Gasteiger partial charge in [0.25, 0.3) is 0 Å². The minimum absolute atomic E-state index is 0.647. The Kier molecular flexibility index (Phi) is 5.51. The van der Waals surface area contributed by atoms with Crippen LogP contribution < -0.4 is 0 Å². The Bertz CT molecular complexity index is 110. The highest BCUT2D eigenvalue weighted by Crippen LogP contribution is 1.99. The molecule has 0 heterocycles. The average Bonchev–Trinajstić information content (AvgIpc) is 1.84. The first-order chi connectivity index (χ1) is 5.43. The summed E-state index contributed by atoms with van der Waals surface area (Å²) in [5.74, 6) is 0.768. The number of hydrogen-bond acceptors (Lipinski definition) is 2. The van der Waals surface area contributed by atoms with Gasteiger partial charge in [0.2, 0.25) is 0 Å². The molecule has 74 valence electrons. The van der Waals surface area contributed by atoms with Gasteiger partial charge < -0.3 is 9.80 Å². The molecule has 0 saturated heterocycles. The van der Waals surface area contributed by atoms with Gasteiger partial charge in [-0.15, -0.1) is 0 Å². The van der Waals surface area contributed by atoms with Crippen LogP contribution in [0.1, 0.15) is 20.8 Å². The van der Waals surface area contributed by atoms with Gasteiger partial charge >= 0.3 is 0 Å². The van der Waals surface area contributed by atoms with Crippen molar-refractivity contribution in [1.82, 2.24) is 9.80 Å². The van der Waals surface area contributed by atoms with Crippen LogP contribution in [0.2, 0.25) is 0 Å². The van der Waals surface area contributed by atoms with Crippen molar-refractivity contribution in [2.24, 2.45) is 5.92 Å². The minimum Gasteiger partial charge on any atom is -0.305 e. The number of hydrogen-bond donors (Lipinski definition) is 0. The van der Waals surface area contributed by atoms with Gasteiger partial charge in [-0.1, -0.05) is 13.8 Å². The Morgan fingerprint density at radius 2 is 1.42 bits per heavy atom. The van der Waals surface area contributed by atoms with Crippen LogP contribution >= 0.6 is 0 Å². The van der Waals surface area contributed by atoms with Crippen molar-refractivity contribution < 1.29 is 0 Å². The third kappa shape index (κ3) is 5.56. The van der Waals surface area contributed by atoms with Crippen molar-refractivity contribution in [1.29, 1.82) is 0 Å². The second kappa shape index (κ2) is 5.55. The molecule has 0 rings (SSSR count). The summed E-state index contributed by atoms with van der Waals surface area (Å²) in [7, 11) is 6.46. The lowest BCUT2D eigenvalue weighted by molar-refractivity contribution is 0.206. The van der Waals surface area contributed by atoms with Gasteiger partial charge in [-0.25, -0.2) is 0 Å². The Balaban J connectivity index is 3.61. The largest absolute Gasteiger partial charge is 0.305 e. The SMILES string of the molecule is CC(C)CN(C)C[C@H](C)N(C)C. The van der Waals surface area contributed by atoms with Gasteiger partial charge in [-0.2, -0.15) is 0 Å². The van der Waals surface area contributed by atoms with Gasteiger partial charge in [-0.05, 0) is 34.0 Å².